The Balaban J connectivity index is 1.85. The molecule has 0 radical (unpaired) electrons. The number of hydrogen-bond acceptors (Lipinski definition) is 5. The van der Waals surface area contributed by atoms with Crippen molar-refractivity contribution in [1.29, 1.82) is 0 Å². The van der Waals surface area contributed by atoms with Gasteiger partial charge in [0.1, 0.15) is 23.0 Å². The van der Waals surface area contributed by atoms with Crippen molar-refractivity contribution in [2.24, 2.45) is 0 Å². The molecule has 1 aliphatic carbocycles. The van der Waals surface area contributed by atoms with Crippen LogP contribution in [0.4, 0.5) is 19.0 Å². The van der Waals surface area contributed by atoms with Crippen molar-refractivity contribution >= 4 is 16.7 Å². The number of hydrogen-bond donors (Lipinski definition) is 1. The molecular formula is C23H25F3N4O2. The molecule has 6 nitrogen and oxygen atoms in total. The van der Waals surface area contributed by atoms with E-state index in [0.29, 0.717) is 29.2 Å². The Bertz CT molecular complexity index is 1240. The van der Waals surface area contributed by atoms with E-state index in [9.17, 15) is 18.0 Å². The summed E-state index contributed by atoms with van der Waals surface area (Å²) in [6, 6.07) is 3.27. The van der Waals surface area contributed by atoms with Crippen molar-refractivity contribution in [3.8, 4) is 5.75 Å². The van der Waals surface area contributed by atoms with Crippen LogP contribution in [0.5, 0.6) is 5.75 Å². The SMILES string of the molecule is CCOc1c(=O)n(C2(C)CC2)cc2c(N[C@H](C)c3cccc(C(F)F)c3F)nc(C)nc12. The Morgan fingerprint density at radius 1 is 1.25 bits per heavy atom. The fourth-order valence-electron chi connectivity index (χ4n) is 3.84. The second kappa shape index (κ2) is 8.11. The van der Waals surface area contributed by atoms with Crippen LogP contribution in [0.3, 0.4) is 0 Å². The van der Waals surface area contributed by atoms with Gasteiger partial charge in [-0.2, -0.15) is 0 Å². The van der Waals surface area contributed by atoms with Crippen LogP contribution in [0.25, 0.3) is 10.9 Å². The van der Waals surface area contributed by atoms with Crippen LogP contribution in [-0.2, 0) is 5.54 Å². The van der Waals surface area contributed by atoms with E-state index in [1.807, 2.05) is 6.92 Å². The number of aromatic nitrogens is 3. The van der Waals surface area contributed by atoms with Gasteiger partial charge in [-0.15, -0.1) is 0 Å². The van der Waals surface area contributed by atoms with Crippen LogP contribution in [0.2, 0.25) is 0 Å². The van der Waals surface area contributed by atoms with Crippen LogP contribution in [-0.4, -0.2) is 21.1 Å². The summed E-state index contributed by atoms with van der Waals surface area (Å²) in [5.41, 5.74) is -0.745. The largest absolute Gasteiger partial charge is 0.487 e. The van der Waals surface area contributed by atoms with Crippen LogP contribution < -0.4 is 15.6 Å². The van der Waals surface area contributed by atoms with Gasteiger partial charge in [-0.25, -0.2) is 23.1 Å². The van der Waals surface area contributed by atoms with Crippen molar-refractivity contribution in [2.45, 2.75) is 58.5 Å². The van der Waals surface area contributed by atoms with Gasteiger partial charge in [0, 0.05) is 17.3 Å². The molecule has 0 amide bonds. The molecule has 4 rings (SSSR count). The van der Waals surface area contributed by atoms with Gasteiger partial charge in [0.2, 0.25) is 5.75 Å². The predicted octanol–water partition coefficient (Wildman–Crippen LogP) is 5.26. The summed E-state index contributed by atoms with van der Waals surface area (Å²) >= 11 is 0. The molecule has 1 saturated carbocycles. The Hall–Kier alpha value is -3.10. The van der Waals surface area contributed by atoms with Gasteiger partial charge in [-0.1, -0.05) is 18.2 Å². The minimum atomic E-state index is -2.91. The van der Waals surface area contributed by atoms with E-state index >= 15 is 0 Å². The topological polar surface area (TPSA) is 69.0 Å². The van der Waals surface area contributed by atoms with Gasteiger partial charge < -0.3 is 14.6 Å². The van der Waals surface area contributed by atoms with E-state index in [2.05, 4.69) is 15.3 Å². The molecule has 0 bridgehead atoms. The average molecular weight is 446 g/mol. The average Bonchev–Trinajstić information content (AvgIpc) is 3.48. The molecular weight excluding hydrogens is 421 g/mol. The van der Waals surface area contributed by atoms with Gasteiger partial charge in [-0.3, -0.25) is 4.79 Å². The lowest BCUT2D eigenvalue weighted by Crippen LogP contribution is -2.29. The van der Waals surface area contributed by atoms with Crippen LogP contribution in [0.15, 0.2) is 29.2 Å². The second-order valence-electron chi connectivity index (χ2n) is 8.36. The highest BCUT2D eigenvalue weighted by Gasteiger charge is 2.41. The molecule has 1 aliphatic rings. The fourth-order valence-corrected chi connectivity index (χ4v) is 3.84. The highest BCUT2D eigenvalue weighted by Crippen LogP contribution is 2.43. The smallest absolute Gasteiger partial charge is 0.295 e. The first-order valence-electron chi connectivity index (χ1n) is 10.6. The number of benzene rings is 1. The molecule has 32 heavy (non-hydrogen) atoms. The van der Waals surface area contributed by atoms with Crippen LogP contribution in [0, 0.1) is 12.7 Å². The molecule has 2 heterocycles. The molecule has 3 aromatic rings. The summed E-state index contributed by atoms with van der Waals surface area (Å²) in [4.78, 5) is 22.0. The molecule has 170 valence electrons. The van der Waals surface area contributed by atoms with E-state index in [1.165, 1.54) is 12.1 Å². The minimum absolute atomic E-state index is 0.0970. The monoisotopic (exact) mass is 446 g/mol. The van der Waals surface area contributed by atoms with Crippen molar-refractivity contribution in [3.05, 3.63) is 57.5 Å². The number of alkyl halides is 2. The maximum Gasteiger partial charge on any atom is 0.295 e. The van der Waals surface area contributed by atoms with E-state index < -0.39 is 23.8 Å². The first-order chi connectivity index (χ1) is 15.2. The maximum absolute atomic E-state index is 14.7. The molecule has 0 aliphatic heterocycles. The lowest BCUT2D eigenvalue weighted by molar-refractivity contribution is 0.146. The van der Waals surface area contributed by atoms with Gasteiger partial charge in [0.25, 0.3) is 12.0 Å². The third kappa shape index (κ3) is 3.80. The lowest BCUT2D eigenvalue weighted by Gasteiger charge is -2.21. The summed E-state index contributed by atoms with van der Waals surface area (Å²) in [6.45, 7) is 7.41. The number of halogens is 3. The molecule has 0 spiro atoms. The summed E-state index contributed by atoms with van der Waals surface area (Å²) in [7, 11) is 0. The van der Waals surface area contributed by atoms with Gasteiger partial charge >= 0.3 is 0 Å². The highest BCUT2D eigenvalue weighted by molar-refractivity contribution is 5.92. The van der Waals surface area contributed by atoms with E-state index in [1.54, 1.807) is 31.5 Å². The number of pyridine rings is 1. The Labute approximate surface area is 183 Å². The summed E-state index contributed by atoms with van der Waals surface area (Å²) in [5, 5.41) is 3.68. The number of rotatable bonds is 7. The molecule has 1 atom stereocenters. The maximum atomic E-state index is 14.7. The van der Waals surface area contributed by atoms with Crippen molar-refractivity contribution < 1.29 is 17.9 Å². The first kappa shape index (κ1) is 22.1. The zero-order valence-electron chi connectivity index (χ0n) is 18.4. The van der Waals surface area contributed by atoms with Crippen molar-refractivity contribution in [1.82, 2.24) is 14.5 Å². The predicted molar refractivity (Wildman–Crippen MR) is 116 cm³/mol. The molecule has 0 unspecified atom stereocenters. The zero-order chi connectivity index (χ0) is 23.2. The number of aryl methyl sites for hydroxylation is 1. The lowest BCUT2D eigenvalue weighted by atomic mass is 10.0. The first-order valence-corrected chi connectivity index (χ1v) is 10.6. The standard InChI is InChI=1S/C23H25F3N4O2/c1-5-32-19-18-16(11-30(22(19)31)23(4)9-10-23)21(29-13(3)28-18)27-12(2)14-7-6-8-15(17(14)24)20(25)26/h6-8,11-12,20H,5,9-10H2,1-4H3,(H,27,28,29)/t12-/m1/s1. The van der Waals surface area contributed by atoms with Crippen LogP contribution >= 0.6 is 0 Å². The van der Waals surface area contributed by atoms with Crippen LogP contribution in [0.1, 0.15) is 63.0 Å². The number of nitrogens with zero attached hydrogens (tertiary/aromatic N) is 3. The van der Waals surface area contributed by atoms with Gasteiger partial charge in [0.05, 0.1) is 23.6 Å². The van der Waals surface area contributed by atoms with Gasteiger partial charge in [0.15, 0.2) is 0 Å². The highest BCUT2D eigenvalue weighted by atomic mass is 19.3. The molecule has 1 fully saturated rings. The van der Waals surface area contributed by atoms with Gasteiger partial charge in [-0.05, 0) is 40.5 Å². The Kier molecular flexibility index (Phi) is 5.60. The second-order valence-corrected chi connectivity index (χ2v) is 8.36. The number of nitrogens with one attached hydrogen (secondary N) is 1. The third-order valence-electron chi connectivity index (χ3n) is 5.90. The fraction of sp³-hybridized carbons (Fsp3) is 0.435. The minimum Gasteiger partial charge on any atom is -0.487 e. The summed E-state index contributed by atoms with van der Waals surface area (Å²) in [5.74, 6) is -0.0364. The van der Waals surface area contributed by atoms with Crippen molar-refractivity contribution in [2.75, 3.05) is 11.9 Å². The quantitative estimate of drug-likeness (QED) is 0.536. The number of anilines is 1. The van der Waals surface area contributed by atoms with E-state index in [0.717, 1.165) is 18.9 Å². The molecule has 1 N–H and O–H groups in total. The Morgan fingerprint density at radius 3 is 2.56 bits per heavy atom. The van der Waals surface area contributed by atoms with Crippen molar-refractivity contribution in [3.63, 3.8) is 0 Å². The summed E-state index contributed by atoms with van der Waals surface area (Å²) in [6.07, 6.45) is 0.517. The van der Waals surface area contributed by atoms with E-state index in [4.69, 9.17) is 4.74 Å². The Morgan fingerprint density at radius 2 is 1.94 bits per heavy atom. The molecule has 9 heteroatoms. The van der Waals surface area contributed by atoms with E-state index in [-0.39, 0.29) is 22.4 Å². The summed E-state index contributed by atoms with van der Waals surface area (Å²) < 4.78 is 48.3. The number of ether oxygens (including phenoxy) is 1. The molecule has 1 aromatic carbocycles. The normalized spacial score (nSPS) is 15.8. The molecule has 0 saturated heterocycles. The molecule has 2 aromatic heterocycles. The third-order valence-corrected chi connectivity index (χ3v) is 5.90. The number of fused-ring (bicyclic) bond motifs is 1. The zero-order valence-corrected chi connectivity index (χ0v) is 18.4.